The molecule has 1 atom stereocenters. The summed E-state index contributed by atoms with van der Waals surface area (Å²) in [5.74, 6) is -0.438. The van der Waals surface area contributed by atoms with E-state index in [2.05, 4.69) is 0 Å². The Morgan fingerprint density at radius 3 is 2.38 bits per heavy atom. The molecule has 1 aliphatic heterocycles. The van der Waals surface area contributed by atoms with Crippen LogP contribution in [0.5, 0.6) is 11.5 Å². The van der Waals surface area contributed by atoms with Crippen LogP contribution in [-0.2, 0) is 9.59 Å². The van der Waals surface area contributed by atoms with Crippen LogP contribution in [0.25, 0.3) is 5.76 Å². The molecule has 0 radical (unpaired) electrons. The first-order chi connectivity index (χ1) is 15.3. The molecule has 3 rings (SSSR count). The first kappa shape index (κ1) is 23.3. The lowest BCUT2D eigenvalue weighted by Crippen LogP contribution is -2.35. The van der Waals surface area contributed by atoms with Crippen LogP contribution < -0.4 is 9.47 Å². The maximum Gasteiger partial charge on any atom is 0.295 e. The van der Waals surface area contributed by atoms with Crippen LogP contribution >= 0.6 is 0 Å². The van der Waals surface area contributed by atoms with E-state index in [0.29, 0.717) is 42.3 Å². The molecular weight excluding hydrogens is 408 g/mol. The fourth-order valence-electron chi connectivity index (χ4n) is 3.76. The molecule has 0 aromatic heterocycles. The molecule has 7 nitrogen and oxygen atoms in total. The summed E-state index contributed by atoms with van der Waals surface area (Å²) in [7, 11) is 5.34. The van der Waals surface area contributed by atoms with E-state index < -0.39 is 17.7 Å². The summed E-state index contributed by atoms with van der Waals surface area (Å²) in [4.78, 5) is 29.5. The number of ketones is 1. The molecule has 0 spiro atoms. The third-order valence-electron chi connectivity index (χ3n) is 5.46. The number of benzene rings is 2. The number of carbonyl (C=O) groups excluding carboxylic acids is 2. The average Bonchev–Trinajstić information content (AvgIpc) is 3.03. The summed E-state index contributed by atoms with van der Waals surface area (Å²) in [6, 6.07) is 11.8. The van der Waals surface area contributed by atoms with E-state index in [1.165, 1.54) is 12.0 Å². The van der Waals surface area contributed by atoms with E-state index >= 15 is 0 Å². The minimum absolute atomic E-state index is 0.0730. The predicted octanol–water partition coefficient (Wildman–Crippen LogP) is 3.39. The van der Waals surface area contributed by atoms with Gasteiger partial charge in [0.05, 0.1) is 25.3 Å². The highest BCUT2D eigenvalue weighted by Gasteiger charge is 2.46. The lowest BCUT2D eigenvalue weighted by molar-refractivity contribution is -0.140. The van der Waals surface area contributed by atoms with E-state index in [1.54, 1.807) is 30.3 Å². The van der Waals surface area contributed by atoms with Gasteiger partial charge in [-0.15, -0.1) is 0 Å². The number of aliphatic hydroxyl groups is 1. The van der Waals surface area contributed by atoms with Crippen molar-refractivity contribution in [2.24, 2.45) is 0 Å². The maximum absolute atomic E-state index is 13.1. The molecule has 1 saturated heterocycles. The molecule has 1 aliphatic rings. The number of likely N-dealkylation sites (tertiary alicyclic amines) is 1. The molecule has 1 heterocycles. The number of Topliss-reactive ketones (excluding diaryl/α,β-unsaturated/α-hetero) is 1. The normalized spacial score (nSPS) is 17.8. The van der Waals surface area contributed by atoms with Gasteiger partial charge in [-0.05, 0) is 45.6 Å². The van der Waals surface area contributed by atoms with Crippen LogP contribution in [0.15, 0.2) is 48.0 Å². The van der Waals surface area contributed by atoms with Gasteiger partial charge in [0.2, 0.25) is 0 Å². The lowest BCUT2D eigenvalue weighted by Gasteiger charge is -2.27. The summed E-state index contributed by atoms with van der Waals surface area (Å²) < 4.78 is 11.1. The van der Waals surface area contributed by atoms with Crippen molar-refractivity contribution in [3.63, 3.8) is 0 Å². The van der Waals surface area contributed by atoms with Crippen molar-refractivity contribution in [1.29, 1.82) is 0 Å². The molecule has 170 valence electrons. The van der Waals surface area contributed by atoms with Crippen LogP contribution in [0.2, 0.25) is 0 Å². The van der Waals surface area contributed by atoms with Gasteiger partial charge in [0.15, 0.2) is 11.5 Å². The van der Waals surface area contributed by atoms with Gasteiger partial charge in [-0.25, -0.2) is 0 Å². The molecular formula is C25H30N2O5. The minimum atomic E-state index is -0.735. The second-order valence-corrected chi connectivity index (χ2v) is 8.01. The number of likely N-dealkylation sites (N-methyl/N-ethyl adjacent to an activating group) is 1. The minimum Gasteiger partial charge on any atom is -0.507 e. The van der Waals surface area contributed by atoms with Crippen LogP contribution in [0.3, 0.4) is 0 Å². The van der Waals surface area contributed by atoms with Gasteiger partial charge >= 0.3 is 0 Å². The molecule has 0 bridgehead atoms. The number of aryl methyl sites for hydroxylation is 1. The fourth-order valence-corrected chi connectivity index (χ4v) is 3.76. The number of hydrogen-bond donors (Lipinski definition) is 1. The molecule has 0 aliphatic carbocycles. The Balaban J connectivity index is 2.16. The van der Waals surface area contributed by atoms with Gasteiger partial charge in [0.25, 0.3) is 11.7 Å². The van der Waals surface area contributed by atoms with Crippen molar-refractivity contribution in [1.82, 2.24) is 9.80 Å². The summed E-state index contributed by atoms with van der Waals surface area (Å²) >= 11 is 0. The highest BCUT2D eigenvalue weighted by Crippen LogP contribution is 2.41. The van der Waals surface area contributed by atoms with Gasteiger partial charge in [0.1, 0.15) is 5.76 Å². The van der Waals surface area contributed by atoms with Crippen molar-refractivity contribution >= 4 is 17.4 Å². The Hall–Kier alpha value is -3.32. The fraction of sp³-hybridized carbons (Fsp3) is 0.360. The van der Waals surface area contributed by atoms with Crippen LogP contribution in [0.1, 0.15) is 29.7 Å². The topological polar surface area (TPSA) is 79.3 Å². The zero-order valence-corrected chi connectivity index (χ0v) is 19.2. The molecule has 1 N–H and O–H groups in total. The van der Waals surface area contributed by atoms with E-state index in [4.69, 9.17) is 9.47 Å². The van der Waals surface area contributed by atoms with Gasteiger partial charge in [-0.1, -0.05) is 35.9 Å². The second kappa shape index (κ2) is 9.87. The van der Waals surface area contributed by atoms with Crippen molar-refractivity contribution in [2.45, 2.75) is 19.9 Å². The first-order valence-electron chi connectivity index (χ1n) is 10.6. The van der Waals surface area contributed by atoms with Gasteiger partial charge < -0.3 is 24.4 Å². The SMILES string of the molecule is CCOc1ccc(C2C(=C(O)c3ccc(C)cc3)C(=O)C(=O)N2CCN(C)C)cc1OC. The van der Waals surface area contributed by atoms with Gasteiger partial charge in [-0.2, -0.15) is 0 Å². The number of amides is 1. The van der Waals surface area contributed by atoms with Gasteiger partial charge in [-0.3, -0.25) is 9.59 Å². The predicted molar refractivity (Wildman–Crippen MR) is 123 cm³/mol. The number of nitrogens with zero attached hydrogens (tertiary/aromatic N) is 2. The smallest absolute Gasteiger partial charge is 0.295 e. The molecule has 1 amide bonds. The molecule has 1 unspecified atom stereocenters. The van der Waals surface area contributed by atoms with Crippen LogP contribution in [0, 0.1) is 6.92 Å². The lowest BCUT2D eigenvalue weighted by atomic mass is 9.94. The van der Waals surface area contributed by atoms with Crippen molar-refractivity contribution in [3.8, 4) is 11.5 Å². The first-order valence-corrected chi connectivity index (χ1v) is 10.6. The molecule has 32 heavy (non-hydrogen) atoms. The Labute approximate surface area is 188 Å². The Morgan fingerprint density at radius 1 is 1.09 bits per heavy atom. The monoisotopic (exact) mass is 438 g/mol. The number of carbonyl (C=O) groups is 2. The Morgan fingerprint density at radius 2 is 1.78 bits per heavy atom. The summed E-state index contributed by atoms with van der Waals surface area (Å²) in [6.45, 7) is 5.20. The third kappa shape index (κ3) is 4.62. The molecule has 7 heteroatoms. The number of aliphatic hydroxyl groups excluding tert-OH is 1. The molecule has 0 saturated carbocycles. The molecule has 2 aromatic carbocycles. The van der Waals surface area contributed by atoms with Crippen LogP contribution in [0.4, 0.5) is 0 Å². The average molecular weight is 439 g/mol. The van der Waals surface area contributed by atoms with E-state index in [-0.39, 0.29) is 11.3 Å². The quantitative estimate of drug-likeness (QED) is 0.387. The highest BCUT2D eigenvalue weighted by atomic mass is 16.5. The highest BCUT2D eigenvalue weighted by molar-refractivity contribution is 6.46. The van der Waals surface area contributed by atoms with Crippen LogP contribution in [-0.4, -0.2) is 67.5 Å². The van der Waals surface area contributed by atoms with E-state index in [1.807, 2.05) is 45.0 Å². The second-order valence-electron chi connectivity index (χ2n) is 8.01. The number of rotatable bonds is 8. The maximum atomic E-state index is 13.1. The van der Waals surface area contributed by atoms with Crippen molar-refractivity contribution in [2.75, 3.05) is 40.9 Å². The standard InChI is InChI=1S/C25H30N2O5/c1-6-32-19-12-11-18(15-20(19)31-5)22-21(23(28)17-9-7-16(2)8-10-17)24(29)25(30)27(22)14-13-26(3)4/h7-12,15,22,28H,6,13-14H2,1-5H3. The summed E-state index contributed by atoms with van der Waals surface area (Å²) in [6.07, 6.45) is 0. The van der Waals surface area contributed by atoms with E-state index in [0.717, 1.165) is 5.56 Å². The summed E-state index contributed by atoms with van der Waals surface area (Å²) in [5.41, 5.74) is 2.26. The Kier molecular flexibility index (Phi) is 7.20. The Bertz CT molecular complexity index is 1030. The van der Waals surface area contributed by atoms with Crippen molar-refractivity contribution < 1.29 is 24.2 Å². The number of methoxy groups -OCH3 is 1. The number of ether oxygens (including phenoxy) is 2. The van der Waals surface area contributed by atoms with E-state index in [9.17, 15) is 14.7 Å². The van der Waals surface area contributed by atoms with Gasteiger partial charge in [0, 0.05) is 18.7 Å². The zero-order chi connectivity index (χ0) is 23.4. The molecule has 2 aromatic rings. The zero-order valence-electron chi connectivity index (χ0n) is 19.2. The molecule has 1 fully saturated rings. The summed E-state index contributed by atoms with van der Waals surface area (Å²) in [5, 5.41) is 11.1. The van der Waals surface area contributed by atoms with Crippen molar-refractivity contribution in [3.05, 3.63) is 64.7 Å². The number of hydrogen-bond acceptors (Lipinski definition) is 6. The largest absolute Gasteiger partial charge is 0.507 e. The third-order valence-corrected chi connectivity index (χ3v) is 5.46.